The van der Waals surface area contributed by atoms with E-state index < -0.39 is 56.4 Å². The average molecular weight is 345 g/mol. The van der Waals surface area contributed by atoms with Gasteiger partial charge in [0.25, 0.3) is 0 Å². The first kappa shape index (κ1) is 8.41. The molecule has 0 aliphatic carbocycles. The van der Waals surface area contributed by atoms with E-state index in [-0.39, 0.29) is 13.0 Å². The molecule has 0 bridgehead atoms. The first-order valence-electron chi connectivity index (χ1n) is 13.4. The number of ether oxygens (including phenoxy) is 2. The molecule has 4 heteroatoms. The van der Waals surface area contributed by atoms with Crippen molar-refractivity contribution < 1.29 is 29.7 Å². The number of hydrogen-bond acceptors (Lipinski definition) is 4. The Morgan fingerprint density at radius 3 is 2.79 bits per heavy atom. The molecule has 0 spiro atoms. The number of hydrogen-bond donors (Lipinski definition) is 1. The molecule has 2 heterocycles. The van der Waals surface area contributed by atoms with Crippen molar-refractivity contribution in [1.29, 1.82) is 0 Å². The second-order valence-corrected chi connectivity index (χ2v) is 6.36. The molecule has 0 amide bonds. The molecule has 2 aliphatic rings. The molecule has 4 nitrogen and oxygen atoms in total. The molecule has 0 radical (unpaired) electrons. The minimum absolute atomic E-state index is 0.0451. The van der Waals surface area contributed by atoms with Crippen molar-refractivity contribution >= 4 is 0 Å². The number of piperidine rings is 1. The van der Waals surface area contributed by atoms with Crippen LogP contribution in [-0.4, -0.2) is 43.4 Å². The number of nitrogens with zero attached hydrogens (tertiary/aromatic N) is 1. The Bertz CT molecular complexity index is 964. The van der Waals surface area contributed by atoms with E-state index in [9.17, 15) is 6.48 Å². The first-order valence-corrected chi connectivity index (χ1v) is 7.93. The maximum Gasteiger partial charge on any atom is 0.161 e. The van der Waals surface area contributed by atoms with Gasteiger partial charge in [0, 0.05) is 32.8 Å². The maximum absolute atomic E-state index is 11.1. The lowest BCUT2D eigenvalue weighted by Gasteiger charge is -2.47. The summed E-state index contributed by atoms with van der Waals surface area (Å²) in [5.41, 5.74) is -1.98. The number of aliphatic hydroxyl groups excluding tert-OH is 1. The van der Waals surface area contributed by atoms with E-state index in [1.165, 1.54) is 20.3 Å². The summed E-state index contributed by atoms with van der Waals surface area (Å²) in [6, 6.07) is 1.36. The summed E-state index contributed by atoms with van der Waals surface area (Å²) in [5, 5.41) is 11.1. The van der Waals surface area contributed by atoms with Crippen LogP contribution in [0.1, 0.15) is 65.6 Å². The third-order valence-electron chi connectivity index (χ3n) is 4.38. The summed E-state index contributed by atoms with van der Waals surface area (Å²) in [6.07, 6.45) is -5.29. The summed E-state index contributed by atoms with van der Waals surface area (Å²) in [5.74, 6) is -1.35. The Balaban J connectivity index is 2.18. The highest BCUT2D eigenvalue weighted by atomic mass is 16.5. The van der Waals surface area contributed by atoms with Crippen molar-refractivity contribution in [3.63, 3.8) is 0 Å². The van der Waals surface area contributed by atoms with Crippen molar-refractivity contribution in [3.8, 4) is 11.5 Å². The summed E-state index contributed by atoms with van der Waals surface area (Å²) in [7, 11) is 2.86. The number of methoxy groups -OCH3 is 2. The zero-order valence-corrected chi connectivity index (χ0v) is 14.1. The first-order chi connectivity index (χ1) is 15.7. The highest BCUT2D eigenvalue weighted by Gasteiger charge is 2.39. The molecule has 0 saturated carbocycles. The molecule has 1 fully saturated rings. The fourth-order valence-electron chi connectivity index (χ4n) is 3.28. The van der Waals surface area contributed by atoms with Gasteiger partial charge in [-0.3, -0.25) is 4.90 Å². The molecule has 24 heavy (non-hydrogen) atoms. The molecule has 3 unspecified atom stereocenters. The Hall–Kier alpha value is -1.26. The van der Waals surface area contributed by atoms with Crippen LogP contribution in [0.2, 0.25) is 0 Å². The van der Waals surface area contributed by atoms with Gasteiger partial charge in [-0.25, -0.2) is 0 Å². The zero-order chi connectivity index (χ0) is 27.0. The summed E-state index contributed by atoms with van der Waals surface area (Å²) < 4.78 is 102. The molecule has 1 N–H and O–H groups in total. The topological polar surface area (TPSA) is 41.9 Å². The van der Waals surface area contributed by atoms with Gasteiger partial charge in [-0.05, 0) is 53.8 Å². The Kier molecular flexibility index (Phi) is 2.30. The minimum atomic E-state index is -3.34. The number of aliphatic hydroxyl groups is 1. The largest absolute Gasteiger partial charge is 0.493 e. The predicted octanol–water partition coefficient (Wildman–Crippen LogP) is 3.42. The Morgan fingerprint density at radius 2 is 2.12 bits per heavy atom. The number of rotatable bonds is 3. The van der Waals surface area contributed by atoms with E-state index in [1.807, 2.05) is 0 Å². The predicted molar refractivity (Wildman–Crippen MR) is 95.7 cm³/mol. The highest BCUT2D eigenvalue weighted by molar-refractivity contribution is 5.49. The number of fused-ring (bicyclic) bond motifs is 3. The van der Waals surface area contributed by atoms with Gasteiger partial charge >= 0.3 is 0 Å². The third-order valence-corrected chi connectivity index (χ3v) is 4.38. The van der Waals surface area contributed by atoms with E-state index in [1.54, 1.807) is 6.07 Å². The molecule has 2 aliphatic heterocycles. The molecule has 1 aromatic rings. The van der Waals surface area contributed by atoms with Crippen LogP contribution in [0.3, 0.4) is 0 Å². The molecular formula is C20H31NO3. The van der Waals surface area contributed by atoms with Crippen molar-refractivity contribution in [3.05, 3.63) is 23.3 Å². The van der Waals surface area contributed by atoms with Crippen molar-refractivity contribution in [2.24, 2.45) is 11.3 Å². The Labute approximate surface area is 161 Å². The van der Waals surface area contributed by atoms with Crippen LogP contribution in [0.4, 0.5) is 0 Å². The van der Waals surface area contributed by atoms with E-state index in [2.05, 4.69) is 0 Å². The molecule has 0 aromatic heterocycles. The lowest BCUT2D eigenvalue weighted by molar-refractivity contribution is -0.0259. The highest BCUT2D eigenvalue weighted by Crippen LogP contribution is 2.44. The second kappa shape index (κ2) is 6.57. The SMILES string of the molecule is [2H]C12CC(O)C(C([2H])([2H])C(C)(C([2H])([2H])[2H])C([2H])([2H])[2H])C([2H])([2H])N1CCc1cc(OC)c(OC)cc12. The third kappa shape index (κ3) is 3.40. The lowest BCUT2D eigenvalue weighted by atomic mass is 9.75. The van der Waals surface area contributed by atoms with Gasteiger partial charge in [0.1, 0.15) is 0 Å². The maximum atomic E-state index is 11.1. The van der Waals surface area contributed by atoms with E-state index in [0.29, 0.717) is 22.6 Å². The smallest absolute Gasteiger partial charge is 0.161 e. The fourth-order valence-corrected chi connectivity index (χ4v) is 3.28. The van der Waals surface area contributed by atoms with Crippen molar-refractivity contribution in [2.45, 2.75) is 52.0 Å². The van der Waals surface area contributed by atoms with Gasteiger partial charge < -0.3 is 14.6 Å². The van der Waals surface area contributed by atoms with Crippen LogP contribution in [0.5, 0.6) is 11.5 Å². The molecule has 3 rings (SSSR count). The molecule has 3 atom stereocenters. The zero-order valence-electron chi connectivity index (χ0n) is 25.1. The van der Waals surface area contributed by atoms with Crippen LogP contribution in [0.25, 0.3) is 0 Å². The molecule has 134 valence electrons. The standard InChI is InChI=1S/C20H31NO3/c1-20(2,3)11-14-12-21-7-6-13-8-18(23-4)19(24-5)9-15(13)16(21)10-17(14)22/h8-9,14,16-17,22H,6-7,10-12H2,1-5H3/i1D3,2D3,11D2,12D2,16D. The van der Waals surface area contributed by atoms with Gasteiger partial charge in [0.2, 0.25) is 0 Å². The van der Waals surface area contributed by atoms with Crippen LogP contribution >= 0.6 is 0 Å². The average Bonchev–Trinajstić information content (AvgIpc) is 2.69. The quantitative estimate of drug-likeness (QED) is 0.912. The Morgan fingerprint density at radius 1 is 1.42 bits per heavy atom. The fraction of sp³-hybridized carbons (Fsp3) is 0.700. The van der Waals surface area contributed by atoms with Gasteiger partial charge in [0.15, 0.2) is 11.5 Å². The van der Waals surface area contributed by atoms with Gasteiger partial charge in [-0.15, -0.1) is 0 Å². The number of benzene rings is 1. The van der Waals surface area contributed by atoms with Crippen LogP contribution in [0.15, 0.2) is 12.1 Å². The normalized spacial score (nSPS) is 40.9. The van der Waals surface area contributed by atoms with E-state index in [0.717, 1.165) is 11.8 Å². The van der Waals surface area contributed by atoms with Gasteiger partial charge in [0.05, 0.1) is 21.7 Å². The summed E-state index contributed by atoms with van der Waals surface area (Å²) >= 11 is 0. The van der Waals surface area contributed by atoms with Gasteiger partial charge in [-0.2, -0.15) is 0 Å². The summed E-state index contributed by atoms with van der Waals surface area (Å²) in [4.78, 5) is 1.09. The lowest BCUT2D eigenvalue weighted by Crippen LogP contribution is -2.48. The van der Waals surface area contributed by atoms with E-state index in [4.69, 9.17) is 23.2 Å². The van der Waals surface area contributed by atoms with Gasteiger partial charge in [-0.1, -0.05) is 20.6 Å². The molecule has 1 aromatic carbocycles. The van der Waals surface area contributed by atoms with Crippen LogP contribution in [0, 0.1) is 11.3 Å². The van der Waals surface area contributed by atoms with E-state index >= 15 is 0 Å². The minimum Gasteiger partial charge on any atom is -0.493 e. The second-order valence-electron chi connectivity index (χ2n) is 6.36. The van der Waals surface area contributed by atoms with Crippen molar-refractivity contribution in [2.75, 3.05) is 27.3 Å². The van der Waals surface area contributed by atoms with Crippen LogP contribution in [-0.2, 0) is 6.42 Å². The van der Waals surface area contributed by atoms with Crippen LogP contribution < -0.4 is 9.47 Å². The summed E-state index contributed by atoms with van der Waals surface area (Å²) in [6.45, 7) is -8.75. The van der Waals surface area contributed by atoms with Crippen molar-refractivity contribution in [1.82, 2.24) is 4.90 Å². The molecule has 1 saturated heterocycles. The molecular weight excluding hydrogens is 302 g/mol. The monoisotopic (exact) mass is 344 g/mol.